The highest BCUT2D eigenvalue weighted by Gasteiger charge is 2.17. The molecule has 58 heavy (non-hydrogen) atoms. The Labute approximate surface area is 357 Å². The van der Waals surface area contributed by atoms with Crippen LogP contribution in [0.25, 0.3) is 0 Å². The van der Waals surface area contributed by atoms with Gasteiger partial charge in [-0.2, -0.15) is 0 Å². The minimum absolute atomic E-state index is 0.0380. The van der Waals surface area contributed by atoms with Crippen molar-refractivity contribution in [2.24, 2.45) is 0 Å². The van der Waals surface area contributed by atoms with Crippen LogP contribution in [0, 0.1) is 0 Å². The molecule has 0 aliphatic rings. The van der Waals surface area contributed by atoms with Crippen LogP contribution in [0.2, 0.25) is 0 Å². The predicted molar refractivity (Wildman–Crippen MR) is 251 cm³/mol. The van der Waals surface area contributed by atoms with Crippen molar-refractivity contribution in [3.63, 3.8) is 0 Å². The van der Waals surface area contributed by atoms with Crippen molar-refractivity contribution in [3.05, 3.63) is 109 Å². The molecule has 0 rings (SSSR count). The van der Waals surface area contributed by atoms with E-state index in [4.69, 9.17) is 14.2 Å². The molecule has 0 spiro atoms. The number of carbonyl (C=O) groups excluding carboxylic acids is 2. The summed E-state index contributed by atoms with van der Waals surface area (Å²) in [6.45, 7) is 7.44. The predicted octanol–water partition coefficient (Wildman–Crippen LogP) is 15.7. The van der Waals surface area contributed by atoms with Crippen LogP contribution >= 0.6 is 0 Å². The number of allylic oxidation sites excluding steroid dienone is 18. The molecule has 5 nitrogen and oxygen atoms in total. The second-order valence-corrected chi connectivity index (χ2v) is 14.9. The molecular weight excluding hydrogens is 717 g/mol. The van der Waals surface area contributed by atoms with Crippen molar-refractivity contribution in [1.29, 1.82) is 0 Å². The van der Waals surface area contributed by atoms with Crippen molar-refractivity contribution in [2.45, 2.75) is 194 Å². The molecule has 0 aliphatic heterocycles. The average molecular weight is 803 g/mol. The molecule has 0 radical (unpaired) electrons. The molecule has 5 heteroatoms. The third-order valence-corrected chi connectivity index (χ3v) is 9.27. The number of ether oxygens (including phenoxy) is 3. The Morgan fingerprint density at radius 2 is 0.776 bits per heavy atom. The van der Waals surface area contributed by atoms with E-state index in [-0.39, 0.29) is 25.2 Å². The highest BCUT2D eigenvalue weighted by atomic mass is 16.6. The maximum Gasteiger partial charge on any atom is 0.306 e. The van der Waals surface area contributed by atoms with Gasteiger partial charge in [-0.05, 0) is 116 Å². The molecule has 0 aromatic carbocycles. The van der Waals surface area contributed by atoms with Crippen LogP contribution in [0.5, 0.6) is 0 Å². The Hall–Kier alpha value is -3.44. The monoisotopic (exact) mass is 803 g/mol. The van der Waals surface area contributed by atoms with E-state index in [0.717, 1.165) is 103 Å². The Morgan fingerprint density at radius 3 is 1.26 bits per heavy atom. The van der Waals surface area contributed by atoms with Crippen LogP contribution in [0.1, 0.15) is 188 Å². The van der Waals surface area contributed by atoms with Gasteiger partial charge in [0.25, 0.3) is 0 Å². The van der Waals surface area contributed by atoms with Crippen LogP contribution in [0.3, 0.4) is 0 Å². The number of hydrogen-bond acceptors (Lipinski definition) is 5. The van der Waals surface area contributed by atoms with Crippen molar-refractivity contribution < 1.29 is 23.8 Å². The third-order valence-electron chi connectivity index (χ3n) is 9.27. The molecule has 328 valence electrons. The first kappa shape index (κ1) is 54.6. The fourth-order valence-corrected chi connectivity index (χ4v) is 5.82. The average Bonchev–Trinajstić information content (AvgIpc) is 3.22. The molecule has 0 saturated heterocycles. The summed E-state index contributed by atoms with van der Waals surface area (Å²) in [7, 11) is 0. The van der Waals surface area contributed by atoms with Gasteiger partial charge in [-0.25, -0.2) is 0 Å². The van der Waals surface area contributed by atoms with Crippen molar-refractivity contribution >= 4 is 11.9 Å². The van der Waals surface area contributed by atoms with Gasteiger partial charge < -0.3 is 14.2 Å². The first-order valence-corrected chi connectivity index (χ1v) is 23.4. The molecule has 0 aromatic rings. The smallest absolute Gasteiger partial charge is 0.306 e. The zero-order chi connectivity index (χ0) is 42.1. The summed E-state index contributed by atoms with van der Waals surface area (Å²) in [4.78, 5) is 25.3. The summed E-state index contributed by atoms with van der Waals surface area (Å²) in [5, 5.41) is 0. The molecule has 1 unspecified atom stereocenters. The Morgan fingerprint density at radius 1 is 0.397 bits per heavy atom. The van der Waals surface area contributed by atoms with E-state index in [0.29, 0.717) is 19.4 Å². The minimum atomic E-state index is -0.583. The maximum atomic E-state index is 12.7. The summed E-state index contributed by atoms with van der Waals surface area (Å²) >= 11 is 0. The SMILES string of the molecule is CC/C=C\C/C=C\C/C=C\C/C=C\CCCCC(=O)OCC(COCCCCCCCC/C=C\CCCC)OC(=O)CCCC/C=C\C/C=C\C/C=C\C/C=C\CC. The molecule has 0 N–H and O–H groups in total. The second kappa shape index (κ2) is 47.9. The summed E-state index contributed by atoms with van der Waals surface area (Å²) in [5.74, 6) is -0.506. The van der Waals surface area contributed by atoms with E-state index < -0.39 is 6.10 Å². The second-order valence-electron chi connectivity index (χ2n) is 14.9. The largest absolute Gasteiger partial charge is 0.462 e. The van der Waals surface area contributed by atoms with Gasteiger partial charge >= 0.3 is 11.9 Å². The van der Waals surface area contributed by atoms with Gasteiger partial charge in [-0.1, -0.05) is 169 Å². The topological polar surface area (TPSA) is 61.8 Å². The van der Waals surface area contributed by atoms with Gasteiger partial charge in [0, 0.05) is 19.4 Å². The van der Waals surface area contributed by atoms with E-state index in [1.165, 1.54) is 51.4 Å². The van der Waals surface area contributed by atoms with Gasteiger partial charge in [0.2, 0.25) is 0 Å². The number of esters is 2. The van der Waals surface area contributed by atoms with Gasteiger partial charge in [-0.3, -0.25) is 9.59 Å². The number of rotatable bonds is 41. The van der Waals surface area contributed by atoms with Crippen molar-refractivity contribution in [2.75, 3.05) is 19.8 Å². The number of hydrogen-bond donors (Lipinski definition) is 0. The van der Waals surface area contributed by atoms with Crippen LogP contribution < -0.4 is 0 Å². The summed E-state index contributed by atoms with van der Waals surface area (Å²) < 4.78 is 17.3. The number of unbranched alkanes of at least 4 members (excludes halogenated alkanes) is 12. The van der Waals surface area contributed by atoms with Crippen molar-refractivity contribution in [3.8, 4) is 0 Å². The highest BCUT2D eigenvalue weighted by Crippen LogP contribution is 2.11. The molecule has 0 aliphatic carbocycles. The van der Waals surface area contributed by atoms with E-state index >= 15 is 0 Å². The van der Waals surface area contributed by atoms with E-state index in [1.54, 1.807) is 0 Å². The van der Waals surface area contributed by atoms with Crippen LogP contribution in [0.15, 0.2) is 109 Å². The summed E-state index contributed by atoms with van der Waals surface area (Å²) in [6, 6.07) is 0. The molecule has 0 amide bonds. The van der Waals surface area contributed by atoms with Crippen LogP contribution in [-0.2, 0) is 23.8 Å². The Kier molecular flexibility index (Phi) is 45.1. The summed E-state index contributed by atoms with van der Waals surface area (Å²) in [5.41, 5.74) is 0. The Balaban J connectivity index is 4.44. The van der Waals surface area contributed by atoms with Gasteiger partial charge in [0.05, 0.1) is 6.61 Å². The lowest BCUT2D eigenvalue weighted by atomic mass is 10.1. The lowest BCUT2D eigenvalue weighted by molar-refractivity contribution is -0.163. The molecule has 0 fully saturated rings. The van der Waals surface area contributed by atoms with E-state index in [1.807, 2.05) is 0 Å². The molecular formula is C53H86O5. The maximum absolute atomic E-state index is 12.7. The normalized spacial score (nSPS) is 13.2. The first-order valence-electron chi connectivity index (χ1n) is 23.4. The molecule has 0 heterocycles. The minimum Gasteiger partial charge on any atom is -0.462 e. The van der Waals surface area contributed by atoms with Crippen LogP contribution in [-0.4, -0.2) is 37.9 Å². The summed E-state index contributed by atoms with van der Waals surface area (Å²) in [6.07, 6.45) is 65.2. The lowest BCUT2D eigenvalue weighted by Gasteiger charge is -2.18. The third kappa shape index (κ3) is 45.3. The lowest BCUT2D eigenvalue weighted by Crippen LogP contribution is -2.30. The van der Waals surface area contributed by atoms with Gasteiger partial charge in [0.15, 0.2) is 6.10 Å². The highest BCUT2D eigenvalue weighted by molar-refractivity contribution is 5.70. The fourth-order valence-electron chi connectivity index (χ4n) is 5.82. The van der Waals surface area contributed by atoms with Crippen molar-refractivity contribution in [1.82, 2.24) is 0 Å². The first-order chi connectivity index (χ1) is 28.6. The molecule has 0 aromatic heterocycles. The Bertz CT molecular complexity index is 1180. The fraction of sp³-hybridized carbons (Fsp3) is 0.623. The van der Waals surface area contributed by atoms with E-state index in [9.17, 15) is 9.59 Å². The number of carbonyl (C=O) groups is 2. The zero-order valence-corrected chi connectivity index (χ0v) is 37.5. The zero-order valence-electron chi connectivity index (χ0n) is 37.5. The quantitative estimate of drug-likeness (QED) is 0.0350. The molecule has 0 saturated carbocycles. The van der Waals surface area contributed by atoms with Gasteiger partial charge in [0.1, 0.15) is 6.61 Å². The molecule has 1 atom stereocenters. The van der Waals surface area contributed by atoms with Gasteiger partial charge in [-0.15, -0.1) is 0 Å². The van der Waals surface area contributed by atoms with E-state index in [2.05, 4.69) is 130 Å². The standard InChI is InChI=1S/C53H86O5/c1-4-7-10-13-16-19-22-25-27-29-31-34-37-40-43-46-52(54)57-50-51(49-56-48-45-42-39-36-33-24-21-18-15-12-9-6-3)58-53(55)47-44-41-38-35-32-30-28-26-23-20-17-14-11-8-5-2/h7-8,10-11,15-20,25-28,31-32,34-35,51H,4-6,9,12-14,21-24,29-30,33,36-50H2,1-3H3/b10-7-,11-8-,18-15-,19-16-,20-17-,27-25-,28-26-,34-31-,35-32-. The molecule has 0 bridgehead atoms. The van der Waals surface area contributed by atoms with Crippen LogP contribution in [0.4, 0.5) is 0 Å².